The normalized spacial score (nSPS) is 16.3. The number of allylic oxidation sites excluding steroid dienone is 1. The summed E-state index contributed by atoms with van der Waals surface area (Å²) in [5, 5.41) is 0. The highest BCUT2D eigenvalue weighted by atomic mass is 15.3. The SMILES string of the molecule is C=C(C)N1CCN(c2ccc(N)nc2)CC1. The van der Waals surface area contributed by atoms with Crippen LogP contribution in [0, 0.1) is 0 Å². The van der Waals surface area contributed by atoms with Crippen molar-refractivity contribution in [2.24, 2.45) is 0 Å². The van der Waals surface area contributed by atoms with Gasteiger partial charge in [0.05, 0.1) is 11.9 Å². The van der Waals surface area contributed by atoms with Gasteiger partial charge in [-0.05, 0) is 19.1 Å². The molecule has 0 aromatic carbocycles. The number of hydrogen-bond acceptors (Lipinski definition) is 4. The fourth-order valence-electron chi connectivity index (χ4n) is 1.93. The first-order valence-corrected chi connectivity index (χ1v) is 5.54. The van der Waals surface area contributed by atoms with E-state index >= 15 is 0 Å². The molecule has 1 aliphatic rings. The van der Waals surface area contributed by atoms with Crippen molar-refractivity contribution >= 4 is 11.5 Å². The maximum atomic E-state index is 5.57. The lowest BCUT2D eigenvalue weighted by Gasteiger charge is -2.37. The van der Waals surface area contributed by atoms with Crippen molar-refractivity contribution in [2.45, 2.75) is 6.92 Å². The largest absolute Gasteiger partial charge is 0.384 e. The number of rotatable bonds is 2. The average molecular weight is 218 g/mol. The van der Waals surface area contributed by atoms with Crippen LogP contribution in [0.3, 0.4) is 0 Å². The van der Waals surface area contributed by atoms with E-state index in [1.807, 2.05) is 18.3 Å². The van der Waals surface area contributed by atoms with Crippen molar-refractivity contribution in [3.05, 3.63) is 30.6 Å². The number of nitrogens with zero attached hydrogens (tertiary/aromatic N) is 3. The van der Waals surface area contributed by atoms with Gasteiger partial charge in [0, 0.05) is 31.9 Å². The van der Waals surface area contributed by atoms with Crippen molar-refractivity contribution in [3.8, 4) is 0 Å². The van der Waals surface area contributed by atoms with E-state index in [1.165, 1.54) is 0 Å². The van der Waals surface area contributed by atoms with Crippen LogP contribution < -0.4 is 10.6 Å². The van der Waals surface area contributed by atoms with Gasteiger partial charge in [-0.2, -0.15) is 0 Å². The Labute approximate surface area is 96.4 Å². The quantitative estimate of drug-likeness (QED) is 0.813. The molecule has 1 aromatic rings. The molecular formula is C12H18N4. The zero-order chi connectivity index (χ0) is 11.5. The minimum absolute atomic E-state index is 0.573. The number of nitrogen functional groups attached to an aromatic ring is 1. The van der Waals surface area contributed by atoms with E-state index in [0.29, 0.717) is 5.82 Å². The molecule has 86 valence electrons. The van der Waals surface area contributed by atoms with Crippen LogP contribution in [0.5, 0.6) is 0 Å². The Hall–Kier alpha value is -1.71. The average Bonchev–Trinajstić information content (AvgIpc) is 2.30. The predicted octanol–water partition coefficient (Wildman–Crippen LogP) is 1.32. The smallest absolute Gasteiger partial charge is 0.123 e. The van der Waals surface area contributed by atoms with E-state index < -0.39 is 0 Å². The second-order valence-electron chi connectivity index (χ2n) is 4.15. The predicted molar refractivity (Wildman–Crippen MR) is 67.2 cm³/mol. The molecule has 4 heteroatoms. The minimum Gasteiger partial charge on any atom is -0.384 e. The summed E-state index contributed by atoms with van der Waals surface area (Å²) in [7, 11) is 0. The Balaban J connectivity index is 1.99. The third-order valence-electron chi connectivity index (χ3n) is 2.96. The lowest BCUT2D eigenvalue weighted by atomic mass is 10.2. The standard InChI is InChI=1S/C12H18N4/c1-10(2)15-5-7-16(8-6-15)11-3-4-12(13)14-9-11/h3-4,9H,1,5-8H2,2H3,(H2,13,14). The van der Waals surface area contributed by atoms with Gasteiger partial charge in [-0.1, -0.05) is 6.58 Å². The van der Waals surface area contributed by atoms with Crippen LogP contribution >= 0.6 is 0 Å². The molecule has 0 saturated carbocycles. The molecule has 0 radical (unpaired) electrons. The molecule has 0 spiro atoms. The molecule has 0 aliphatic carbocycles. The Morgan fingerprint density at radius 3 is 2.50 bits per heavy atom. The molecule has 0 atom stereocenters. The van der Waals surface area contributed by atoms with E-state index in [1.54, 1.807) is 0 Å². The summed E-state index contributed by atoms with van der Waals surface area (Å²) in [6.07, 6.45) is 1.84. The molecule has 1 aliphatic heterocycles. The van der Waals surface area contributed by atoms with E-state index in [4.69, 9.17) is 5.73 Å². The van der Waals surface area contributed by atoms with Crippen LogP contribution in [0.15, 0.2) is 30.6 Å². The van der Waals surface area contributed by atoms with Gasteiger partial charge in [-0.3, -0.25) is 0 Å². The summed E-state index contributed by atoms with van der Waals surface area (Å²) in [6, 6.07) is 3.87. The van der Waals surface area contributed by atoms with Gasteiger partial charge in [0.15, 0.2) is 0 Å². The van der Waals surface area contributed by atoms with E-state index in [0.717, 1.165) is 37.6 Å². The van der Waals surface area contributed by atoms with Crippen molar-refractivity contribution < 1.29 is 0 Å². The number of piperazine rings is 1. The molecule has 2 heterocycles. The molecule has 1 saturated heterocycles. The third-order valence-corrected chi connectivity index (χ3v) is 2.96. The summed E-state index contributed by atoms with van der Waals surface area (Å²) in [4.78, 5) is 8.75. The first-order valence-electron chi connectivity index (χ1n) is 5.54. The Morgan fingerprint density at radius 1 is 1.31 bits per heavy atom. The van der Waals surface area contributed by atoms with Crippen LogP contribution in [-0.2, 0) is 0 Å². The molecule has 2 rings (SSSR count). The lowest BCUT2D eigenvalue weighted by molar-refractivity contribution is 0.323. The fourth-order valence-corrected chi connectivity index (χ4v) is 1.93. The Kier molecular flexibility index (Phi) is 2.99. The zero-order valence-corrected chi connectivity index (χ0v) is 9.69. The van der Waals surface area contributed by atoms with Gasteiger partial charge < -0.3 is 15.5 Å². The molecule has 16 heavy (non-hydrogen) atoms. The second kappa shape index (κ2) is 4.43. The van der Waals surface area contributed by atoms with Gasteiger partial charge in [0.25, 0.3) is 0 Å². The van der Waals surface area contributed by atoms with E-state index in [-0.39, 0.29) is 0 Å². The summed E-state index contributed by atoms with van der Waals surface area (Å²) >= 11 is 0. The molecule has 4 nitrogen and oxygen atoms in total. The number of anilines is 2. The number of nitrogens with two attached hydrogens (primary N) is 1. The van der Waals surface area contributed by atoms with Gasteiger partial charge in [-0.25, -0.2) is 4.98 Å². The summed E-state index contributed by atoms with van der Waals surface area (Å²) in [5.41, 5.74) is 7.87. The molecule has 0 amide bonds. The van der Waals surface area contributed by atoms with E-state index in [2.05, 4.69) is 28.3 Å². The van der Waals surface area contributed by atoms with Crippen LogP contribution in [-0.4, -0.2) is 36.1 Å². The highest BCUT2D eigenvalue weighted by Gasteiger charge is 2.16. The lowest BCUT2D eigenvalue weighted by Crippen LogP contribution is -2.45. The van der Waals surface area contributed by atoms with Crippen molar-refractivity contribution in [3.63, 3.8) is 0 Å². The zero-order valence-electron chi connectivity index (χ0n) is 9.69. The highest BCUT2D eigenvalue weighted by Crippen LogP contribution is 2.17. The van der Waals surface area contributed by atoms with Crippen molar-refractivity contribution in [2.75, 3.05) is 36.8 Å². The van der Waals surface area contributed by atoms with Crippen molar-refractivity contribution in [1.29, 1.82) is 0 Å². The van der Waals surface area contributed by atoms with E-state index in [9.17, 15) is 0 Å². The van der Waals surface area contributed by atoms with Crippen LogP contribution in [0.2, 0.25) is 0 Å². The Bertz CT molecular complexity index is 363. The monoisotopic (exact) mass is 218 g/mol. The summed E-state index contributed by atoms with van der Waals surface area (Å²) in [5.74, 6) is 0.573. The van der Waals surface area contributed by atoms with Gasteiger partial charge in [0.2, 0.25) is 0 Å². The highest BCUT2D eigenvalue weighted by molar-refractivity contribution is 5.48. The number of aromatic nitrogens is 1. The first kappa shape index (κ1) is 10.8. The molecule has 2 N–H and O–H groups in total. The maximum absolute atomic E-state index is 5.57. The molecule has 1 fully saturated rings. The maximum Gasteiger partial charge on any atom is 0.123 e. The van der Waals surface area contributed by atoms with Crippen molar-refractivity contribution in [1.82, 2.24) is 9.88 Å². The number of pyridine rings is 1. The molecule has 1 aromatic heterocycles. The second-order valence-corrected chi connectivity index (χ2v) is 4.15. The van der Waals surface area contributed by atoms with Crippen LogP contribution in [0.4, 0.5) is 11.5 Å². The van der Waals surface area contributed by atoms with Gasteiger partial charge in [-0.15, -0.1) is 0 Å². The van der Waals surface area contributed by atoms with Crippen LogP contribution in [0.1, 0.15) is 6.92 Å². The summed E-state index contributed by atoms with van der Waals surface area (Å²) < 4.78 is 0. The van der Waals surface area contributed by atoms with Gasteiger partial charge in [0.1, 0.15) is 5.82 Å². The molecular weight excluding hydrogens is 200 g/mol. The first-order chi connectivity index (χ1) is 7.66. The minimum atomic E-state index is 0.573. The van der Waals surface area contributed by atoms with Crippen LogP contribution in [0.25, 0.3) is 0 Å². The summed E-state index contributed by atoms with van der Waals surface area (Å²) in [6.45, 7) is 10.1. The molecule has 0 bridgehead atoms. The Morgan fingerprint density at radius 2 is 2.00 bits per heavy atom. The molecule has 0 unspecified atom stereocenters. The topological polar surface area (TPSA) is 45.4 Å². The number of hydrogen-bond donors (Lipinski definition) is 1. The fraction of sp³-hybridized carbons (Fsp3) is 0.417. The van der Waals surface area contributed by atoms with Gasteiger partial charge >= 0.3 is 0 Å². The third kappa shape index (κ3) is 2.27.